The van der Waals surface area contributed by atoms with Gasteiger partial charge in [-0.15, -0.1) is 11.8 Å². The Labute approximate surface area is 146 Å². The van der Waals surface area contributed by atoms with Crippen LogP contribution in [0.3, 0.4) is 0 Å². The fraction of sp³-hybridized carbons (Fsp3) is 0.267. The van der Waals surface area contributed by atoms with Crippen molar-refractivity contribution in [3.05, 3.63) is 40.6 Å². The summed E-state index contributed by atoms with van der Waals surface area (Å²) >= 11 is 7.22. The van der Waals surface area contributed by atoms with Crippen LogP contribution in [0.25, 0.3) is 0 Å². The number of hydrogen-bond donors (Lipinski definition) is 3. The maximum Gasteiger partial charge on any atom is 0.353 e. The summed E-state index contributed by atoms with van der Waals surface area (Å²) < 4.78 is 0. The number of nitrogen functional groups attached to an aromatic ring is 1. The predicted octanol–water partition coefficient (Wildman–Crippen LogP) is 0.746. The Balaban J connectivity index is 1.68. The summed E-state index contributed by atoms with van der Waals surface area (Å²) in [6, 6.07) is 6.22. The summed E-state index contributed by atoms with van der Waals surface area (Å²) in [5.74, 6) is -1.78. The summed E-state index contributed by atoms with van der Waals surface area (Å²) in [5.41, 5.74) is 6.77. The zero-order chi connectivity index (χ0) is 17.4. The van der Waals surface area contributed by atoms with Gasteiger partial charge in [-0.05, 0) is 11.6 Å². The van der Waals surface area contributed by atoms with Gasteiger partial charge < -0.3 is 16.2 Å². The fourth-order valence-corrected chi connectivity index (χ4v) is 4.22. The first-order valence-corrected chi connectivity index (χ1v) is 8.52. The van der Waals surface area contributed by atoms with Gasteiger partial charge in [-0.25, -0.2) is 4.79 Å². The van der Waals surface area contributed by atoms with Crippen LogP contribution in [0.2, 0.25) is 0 Å². The van der Waals surface area contributed by atoms with E-state index < -0.39 is 23.3 Å². The Morgan fingerprint density at radius 3 is 2.79 bits per heavy atom. The number of nitrogens with two attached hydrogens (primary N) is 1. The molecule has 126 valence electrons. The molecule has 0 aliphatic carbocycles. The number of rotatable bonds is 4. The average molecular weight is 368 g/mol. The van der Waals surface area contributed by atoms with E-state index in [0.717, 1.165) is 4.90 Å². The van der Waals surface area contributed by atoms with Gasteiger partial charge in [0.2, 0.25) is 5.91 Å². The molecule has 0 spiro atoms. The van der Waals surface area contributed by atoms with Gasteiger partial charge in [-0.2, -0.15) is 0 Å². The molecule has 1 saturated heterocycles. The summed E-state index contributed by atoms with van der Waals surface area (Å²) in [6.45, 7) is 0. The van der Waals surface area contributed by atoms with Crippen LogP contribution in [-0.4, -0.2) is 45.0 Å². The Bertz CT molecular complexity index is 767. The molecule has 4 N–H and O–H groups in total. The molecule has 2 heterocycles. The Morgan fingerprint density at radius 1 is 1.42 bits per heavy atom. The molecule has 1 aromatic carbocycles. The molecule has 0 bridgehead atoms. The van der Waals surface area contributed by atoms with Gasteiger partial charge >= 0.3 is 5.97 Å². The van der Waals surface area contributed by atoms with E-state index in [2.05, 4.69) is 5.32 Å². The van der Waals surface area contributed by atoms with Crippen LogP contribution in [0.15, 0.2) is 35.0 Å². The molecule has 9 heteroatoms. The highest BCUT2D eigenvalue weighted by Gasteiger charge is 2.54. The van der Waals surface area contributed by atoms with Crippen LogP contribution in [-0.2, 0) is 20.8 Å². The molecule has 0 saturated carbocycles. The summed E-state index contributed by atoms with van der Waals surface area (Å²) in [4.78, 5) is 36.8. The molecule has 0 aromatic heterocycles. The minimum Gasteiger partial charge on any atom is -0.477 e. The number of carbonyl (C=O) groups excluding carboxylic acids is 2. The number of benzene rings is 1. The number of carbonyl (C=O) groups is 3. The highest BCUT2D eigenvalue weighted by molar-refractivity contribution is 8.00. The minimum absolute atomic E-state index is 0.0518. The Kier molecular flexibility index (Phi) is 4.42. The van der Waals surface area contributed by atoms with Gasteiger partial charge in [0.25, 0.3) is 5.91 Å². The lowest BCUT2D eigenvalue weighted by atomic mass is 10.0. The zero-order valence-corrected chi connectivity index (χ0v) is 13.9. The highest BCUT2D eigenvalue weighted by atomic mass is 35.5. The Morgan fingerprint density at radius 2 is 2.12 bits per heavy atom. The lowest BCUT2D eigenvalue weighted by Crippen LogP contribution is -2.70. The van der Waals surface area contributed by atoms with E-state index >= 15 is 0 Å². The first-order valence-electron chi connectivity index (χ1n) is 7.09. The number of β-lactam (4-membered cyclic amide) rings is 1. The molecule has 2 unspecified atom stereocenters. The number of nitrogens with one attached hydrogen (secondary N) is 1. The van der Waals surface area contributed by atoms with Gasteiger partial charge in [0.1, 0.15) is 17.1 Å². The van der Waals surface area contributed by atoms with Crippen molar-refractivity contribution in [3.8, 4) is 0 Å². The lowest BCUT2D eigenvalue weighted by molar-refractivity contribution is -0.150. The van der Waals surface area contributed by atoms with E-state index in [1.807, 2.05) is 0 Å². The van der Waals surface area contributed by atoms with Gasteiger partial charge in [0.15, 0.2) is 0 Å². The van der Waals surface area contributed by atoms with Crippen molar-refractivity contribution >= 4 is 46.8 Å². The lowest BCUT2D eigenvalue weighted by Gasteiger charge is -2.48. The van der Waals surface area contributed by atoms with Crippen molar-refractivity contribution in [2.75, 3.05) is 11.5 Å². The molecule has 2 atom stereocenters. The molecule has 1 fully saturated rings. The van der Waals surface area contributed by atoms with Crippen molar-refractivity contribution in [1.29, 1.82) is 0 Å². The number of para-hydroxylation sites is 1. The quantitative estimate of drug-likeness (QED) is 0.534. The van der Waals surface area contributed by atoms with E-state index in [4.69, 9.17) is 17.3 Å². The van der Waals surface area contributed by atoms with Crippen LogP contribution in [0.1, 0.15) is 5.56 Å². The second-order valence-electron chi connectivity index (χ2n) is 5.39. The molecule has 0 radical (unpaired) electrons. The Hall–Kier alpha value is -2.19. The number of nitrogens with zero attached hydrogens (tertiary/aromatic N) is 1. The summed E-state index contributed by atoms with van der Waals surface area (Å²) in [6.07, 6.45) is 0.0518. The van der Waals surface area contributed by atoms with Crippen molar-refractivity contribution in [2.45, 2.75) is 17.8 Å². The van der Waals surface area contributed by atoms with E-state index in [-0.39, 0.29) is 28.8 Å². The van der Waals surface area contributed by atoms with E-state index in [1.165, 1.54) is 11.8 Å². The molecule has 3 rings (SSSR count). The molecule has 24 heavy (non-hydrogen) atoms. The number of thioether (sulfide) groups is 1. The fourth-order valence-electron chi connectivity index (χ4n) is 2.67. The number of carboxylic acids is 1. The molecule has 2 amide bonds. The van der Waals surface area contributed by atoms with Gasteiger partial charge in [-0.1, -0.05) is 29.8 Å². The normalized spacial score (nSPS) is 22.7. The number of aliphatic carboxylic acids is 1. The van der Waals surface area contributed by atoms with E-state index in [0.29, 0.717) is 11.3 Å². The van der Waals surface area contributed by atoms with Crippen molar-refractivity contribution in [1.82, 2.24) is 10.2 Å². The van der Waals surface area contributed by atoms with Crippen LogP contribution in [0.4, 0.5) is 5.69 Å². The standard InChI is InChI=1S/C15H14ClN3O4S/c16-8-6-24-14-11(13(21)19(14)12(8)15(22)23)18-10(20)5-7-3-1-2-4-9(7)17/h1-4,11,14H,5-6,17H2,(H,18,20)(H,22,23). The SMILES string of the molecule is Nc1ccccc1CC(=O)NC1C(=O)N2C(C(=O)O)=C(Cl)CSC12. The smallest absolute Gasteiger partial charge is 0.353 e. The number of halogens is 1. The number of amides is 2. The number of anilines is 1. The number of carboxylic acid groups (broad SMARTS) is 1. The van der Waals surface area contributed by atoms with Crippen molar-refractivity contribution < 1.29 is 19.5 Å². The molecular weight excluding hydrogens is 354 g/mol. The van der Waals surface area contributed by atoms with Gasteiger partial charge in [0.05, 0.1) is 11.5 Å². The minimum atomic E-state index is -1.25. The van der Waals surface area contributed by atoms with E-state index in [9.17, 15) is 19.5 Å². The second-order valence-corrected chi connectivity index (χ2v) is 6.95. The second kappa shape index (κ2) is 6.37. The third-order valence-corrected chi connectivity index (χ3v) is 5.60. The van der Waals surface area contributed by atoms with Crippen LogP contribution in [0.5, 0.6) is 0 Å². The molecule has 1 aromatic rings. The molecule has 2 aliphatic rings. The monoisotopic (exact) mass is 367 g/mol. The van der Waals surface area contributed by atoms with Gasteiger partial charge in [-0.3, -0.25) is 14.5 Å². The first-order chi connectivity index (χ1) is 11.4. The van der Waals surface area contributed by atoms with Crippen molar-refractivity contribution in [2.24, 2.45) is 0 Å². The van der Waals surface area contributed by atoms with Crippen LogP contribution in [0, 0.1) is 0 Å². The first kappa shape index (κ1) is 16.7. The zero-order valence-electron chi connectivity index (χ0n) is 12.4. The predicted molar refractivity (Wildman–Crippen MR) is 90.1 cm³/mol. The maximum absolute atomic E-state index is 12.2. The molecular formula is C15H14ClN3O4S. The van der Waals surface area contributed by atoms with E-state index in [1.54, 1.807) is 24.3 Å². The maximum atomic E-state index is 12.2. The summed E-state index contributed by atoms with van der Waals surface area (Å²) in [5, 5.41) is 11.5. The third kappa shape index (κ3) is 2.83. The molecule has 7 nitrogen and oxygen atoms in total. The third-order valence-electron chi connectivity index (χ3n) is 3.85. The highest BCUT2D eigenvalue weighted by Crippen LogP contribution is 2.41. The summed E-state index contributed by atoms with van der Waals surface area (Å²) in [7, 11) is 0. The number of hydrogen-bond acceptors (Lipinski definition) is 5. The van der Waals surface area contributed by atoms with Crippen molar-refractivity contribution in [3.63, 3.8) is 0 Å². The topological polar surface area (TPSA) is 113 Å². The number of fused-ring (bicyclic) bond motifs is 1. The van der Waals surface area contributed by atoms with Crippen LogP contribution < -0.4 is 11.1 Å². The average Bonchev–Trinajstić information content (AvgIpc) is 2.54. The van der Waals surface area contributed by atoms with Crippen LogP contribution >= 0.6 is 23.4 Å². The molecule has 2 aliphatic heterocycles. The largest absolute Gasteiger partial charge is 0.477 e. The van der Waals surface area contributed by atoms with Gasteiger partial charge in [0, 0.05) is 11.4 Å².